The van der Waals surface area contributed by atoms with Gasteiger partial charge in [-0.1, -0.05) is 6.07 Å². The molecular formula is C21H36FN5O. The van der Waals surface area contributed by atoms with Crippen LogP contribution in [0.5, 0.6) is 5.75 Å². The molecule has 2 rings (SSSR count). The molecule has 0 radical (unpaired) electrons. The van der Waals surface area contributed by atoms with Crippen LogP contribution >= 0.6 is 0 Å². The molecule has 7 heteroatoms. The number of halogens is 1. The Labute approximate surface area is 169 Å². The summed E-state index contributed by atoms with van der Waals surface area (Å²) in [6.07, 6.45) is 2.18. The van der Waals surface area contributed by atoms with Gasteiger partial charge in [0.25, 0.3) is 0 Å². The number of unbranched alkanes of at least 4 members (excludes halogenated alkanes) is 1. The quantitative estimate of drug-likeness (QED) is 0.363. The minimum atomic E-state index is -0.292. The van der Waals surface area contributed by atoms with E-state index in [1.807, 2.05) is 6.92 Å². The van der Waals surface area contributed by atoms with Gasteiger partial charge >= 0.3 is 0 Å². The van der Waals surface area contributed by atoms with Crippen LogP contribution in [0.4, 0.5) is 4.39 Å². The average Bonchev–Trinajstić information content (AvgIpc) is 2.67. The van der Waals surface area contributed by atoms with Crippen LogP contribution in [0.3, 0.4) is 0 Å². The highest BCUT2D eigenvalue weighted by Crippen LogP contribution is 2.13. The molecule has 0 amide bonds. The third-order valence-corrected chi connectivity index (χ3v) is 4.77. The van der Waals surface area contributed by atoms with Crippen molar-refractivity contribution in [1.29, 1.82) is 0 Å². The van der Waals surface area contributed by atoms with Crippen LogP contribution in [0.2, 0.25) is 0 Å². The fraction of sp³-hybridized carbons (Fsp3) is 0.667. The van der Waals surface area contributed by atoms with Gasteiger partial charge in [0.15, 0.2) is 5.96 Å². The molecule has 0 spiro atoms. The lowest BCUT2D eigenvalue weighted by molar-refractivity contribution is 0.152. The predicted molar refractivity (Wildman–Crippen MR) is 114 cm³/mol. The SMILES string of the molecule is CCNC(=NCC(C)Oc1cccc(F)c1)NCCCCN1CCN(C)CC1. The fourth-order valence-corrected chi connectivity index (χ4v) is 3.11. The maximum atomic E-state index is 13.2. The van der Waals surface area contributed by atoms with Crippen molar-refractivity contribution >= 4 is 5.96 Å². The van der Waals surface area contributed by atoms with E-state index < -0.39 is 0 Å². The van der Waals surface area contributed by atoms with E-state index in [1.54, 1.807) is 12.1 Å². The summed E-state index contributed by atoms with van der Waals surface area (Å²) in [5.41, 5.74) is 0. The Hall–Kier alpha value is -1.86. The minimum absolute atomic E-state index is 0.130. The largest absolute Gasteiger partial charge is 0.489 e. The number of benzene rings is 1. The van der Waals surface area contributed by atoms with E-state index in [9.17, 15) is 4.39 Å². The first-order valence-corrected chi connectivity index (χ1v) is 10.4. The lowest BCUT2D eigenvalue weighted by Gasteiger charge is -2.32. The molecule has 0 aliphatic carbocycles. The smallest absolute Gasteiger partial charge is 0.191 e. The molecule has 1 aliphatic heterocycles. The maximum absolute atomic E-state index is 13.2. The average molecular weight is 394 g/mol. The van der Waals surface area contributed by atoms with Crippen molar-refractivity contribution in [2.24, 2.45) is 4.99 Å². The van der Waals surface area contributed by atoms with Gasteiger partial charge in [-0.3, -0.25) is 0 Å². The lowest BCUT2D eigenvalue weighted by Crippen LogP contribution is -2.44. The lowest BCUT2D eigenvalue weighted by atomic mass is 10.2. The van der Waals surface area contributed by atoms with Crippen molar-refractivity contribution in [3.63, 3.8) is 0 Å². The number of guanidine groups is 1. The molecule has 28 heavy (non-hydrogen) atoms. The van der Waals surface area contributed by atoms with E-state index in [2.05, 4.69) is 39.4 Å². The van der Waals surface area contributed by atoms with Crippen molar-refractivity contribution < 1.29 is 9.13 Å². The Morgan fingerprint density at radius 3 is 2.71 bits per heavy atom. The molecular weight excluding hydrogens is 357 g/mol. The number of aliphatic imine (C=N–C) groups is 1. The number of nitrogens with zero attached hydrogens (tertiary/aromatic N) is 3. The van der Waals surface area contributed by atoms with Gasteiger partial charge in [-0.15, -0.1) is 0 Å². The summed E-state index contributed by atoms with van der Waals surface area (Å²) in [5.74, 6) is 1.04. The Kier molecular flexibility index (Phi) is 10.1. The van der Waals surface area contributed by atoms with E-state index in [0.29, 0.717) is 12.3 Å². The molecule has 0 bridgehead atoms. The zero-order valence-corrected chi connectivity index (χ0v) is 17.6. The van der Waals surface area contributed by atoms with Crippen LogP contribution in [-0.2, 0) is 0 Å². The number of likely N-dealkylation sites (N-methyl/N-ethyl adjacent to an activating group) is 1. The summed E-state index contributed by atoms with van der Waals surface area (Å²) >= 11 is 0. The summed E-state index contributed by atoms with van der Waals surface area (Å²) in [7, 11) is 2.19. The van der Waals surface area contributed by atoms with Gasteiger partial charge in [0.05, 0.1) is 6.54 Å². The highest BCUT2D eigenvalue weighted by atomic mass is 19.1. The maximum Gasteiger partial charge on any atom is 0.191 e. The zero-order chi connectivity index (χ0) is 20.2. The molecule has 1 fully saturated rings. The molecule has 1 aliphatic rings. The molecule has 0 aromatic heterocycles. The number of piperazine rings is 1. The number of ether oxygens (including phenoxy) is 1. The summed E-state index contributed by atoms with van der Waals surface area (Å²) in [6, 6.07) is 6.21. The Morgan fingerprint density at radius 2 is 2.00 bits per heavy atom. The third kappa shape index (κ3) is 8.89. The topological polar surface area (TPSA) is 52.1 Å². The van der Waals surface area contributed by atoms with E-state index in [4.69, 9.17) is 4.74 Å². The molecule has 1 saturated heterocycles. The van der Waals surface area contributed by atoms with E-state index in [0.717, 1.165) is 25.5 Å². The Balaban J connectivity index is 1.65. The van der Waals surface area contributed by atoms with Crippen LogP contribution in [-0.4, -0.2) is 81.3 Å². The predicted octanol–water partition coefficient (Wildman–Crippen LogP) is 2.18. The monoisotopic (exact) mass is 393 g/mol. The minimum Gasteiger partial charge on any atom is -0.489 e. The summed E-state index contributed by atoms with van der Waals surface area (Å²) in [4.78, 5) is 9.52. The summed E-state index contributed by atoms with van der Waals surface area (Å²) < 4.78 is 19.0. The highest BCUT2D eigenvalue weighted by molar-refractivity contribution is 5.79. The fourth-order valence-electron chi connectivity index (χ4n) is 3.11. The first kappa shape index (κ1) is 22.4. The van der Waals surface area contributed by atoms with Gasteiger partial charge in [-0.25, -0.2) is 9.38 Å². The van der Waals surface area contributed by atoms with E-state index in [-0.39, 0.29) is 11.9 Å². The highest BCUT2D eigenvalue weighted by Gasteiger charge is 2.12. The normalized spacial score (nSPS) is 17.4. The second kappa shape index (κ2) is 12.6. The second-order valence-corrected chi connectivity index (χ2v) is 7.38. The summed E-state index contributed by atoms with van der Waals surface area (Å²) in [5, 5.41) is 6.65. The van der Waals surface area contributed by atoms with Crippen LogP contribution in [0, 0.1) is 5.82 Å². The van der Waals surface area contributed by atoms with Crippen molar-refractivity contribution in [3.05, 3.63) is 30.1 Å². The molecule has 1 heterocycles. The van der Waals surface area contributed by atoms with Crippen molar-refractivity contribution in [1.82, 2.24) is 20.4 Å². The molecule has 6 nitrogen and oxygen atoms in total. The van der Waals surface area contributed by atoms with Crippen LogP contribution < -0.4 is 15.4 Å². The number of nitrogens with one attached hydrogen (secondary N) is 2. The van der Waals surface area contributed by atoms with E-state index in [1.165, 1.54) is 51.3 Å². The van der Waals surface area contributed by atoms with Gasteiger partial charge in [0, 0.05) is 45.3 Å². The van der Waals surface area contributed by atoms with Gasteiger partial charge in [-0.2, -0.15) is 0 Å². The second-order valence-electron chi connectivity index (χ2n) is 7.38. The molecule has 0 saturated carbocycles. The molecule has 1 atom stereocenters. The van der Waals surface area contributed by atoms with Gasteiger partial charge in [-0.05, 0) is 52.4 Å². The number of hydrogen-bond acceptors (Lipinski definition) is 4. The molecule has 2 N–H and O–H groups in total. The van der Waals surface area contributed by atoms with Crippen molar-refractivity contribution in [3.8, 4) is 5.75 Å². The van der Waals surface area contributed by atoms with Crippen molar-refractivity contribution in [2.75, 3.05) is 59.4 Å². The van der Waals surface area contributed by atoms with Crippen LogP contribution in [0.1, 0.15) is 26.7 Å². The Morgan fingerprint density at radius 1 is 1.21 bits per heavy atom. The third-order valence-electron chi connectivity index (χ3n) is 4.77. The first-order valence-electron chi connectivity index (χ1n) is 10.4. The molecule has 158 valence electrons. The summed E-state index contributed by atoms with van der Waals surface area (Å²) in [6.45, 7) is 12.1. The molecule has 1 unspecified atom stereocenters. The van der Waals surface area contributed by atoms with Crippen LogP contribution in [0.25, 0.3) is 0 Å². The Bertz CT molecular complexity index is 590. The van der Waals surface area contributed by atoms with Gasteiger partial charge < -0.3 is 25.2 Å². The molecule has 1 aromatic carbocycles. The first-order chi connectivity index (χ1) is 13.6. The zero-order valence-electron chi connectivity index (χ0n) is 17.6. The standard InChI is InChI=1S/C21H36FN5O/c1-4-23-21(24-10-5-6-11-27-14-12-26(3)13-15-27)25-17-18(2)28-20-9-7-8-19(22)16-20/h7-9,16,18H,4-6,10-15,17H2,1-3H3,(H2,23,24,25). The number of rotatable bonds is 10. The van der Waals surface area contributed by atoms with Gasteiger partial charge in [0.1, 0.15) is 17.7 Å². The molecule has 1 aromatic rings. The van der Waals surface area contributed by atoms with Crippen LogP contribution in [0.15, 0.2) is 29.3 Å². The van der Waals surface area contributed by atoms with Crippen molar-refractivity contribution in [2.45, 2.75) is 32.8 Å². The van der Waals surface area contributed by atoms with E-state index >= 15 is 0 Å². The number of hydrogen-bond donors (Lipinski definition) is 2. The van der Waals surface area contributed by atoms with Gasteiger partial charge in [0.2, 0.25) is 0 Å².